The molecule has 0 aliphatic carbocycles. The van der Waals surface area contributed by atoms with Crippen molar-refractivity contribution in [2.75, 3.05) is 7.11 Å². The maximum absolute atomic E-state index is 13.1. The summed E-state index contributed by atoms with van der Waals surface area (Å²) in [6, 6.07) is 21.6. The van der Waals surface area contributed by atoms with E-state index in [1.165, 1.54) is 15.7 Å². The minimum absolute atomic E-state index is 0.336. The molecule has 0 aromatic heterocycles. The molecule has 0 fully saturated rings. The Hall–Kier alpha value is -2.85. The summed E-state index contributed by atoms with van der Waals surface area (Å²) < 4.78 is 25.6. The van der Waals surface area contributed by atoms with Crippen LogP contribution in [0.5, 0.6) is 11.5 Å². The Morgan fingerprint density at radius 1 is 1.04 bits per heavy atom. The smallest absolute Gasteiger partial charge is 0.161 e. The molecule has 0 atom stereocenters. The van der Waals surface area contributed by atoms with Crippen molar-refractivity contribution in [2.24, 2.45) is 0 Å². The fourth-order valence-corrected chi connectivity index (χ4v) is 2.97. The predicted molar refractivity (Wildman–Crippen MR) is 116 cm³/mol. The van der Waals surface area contributed by atoms with Gasteiger partial charge in [0.25, 0.3) is 0 Å². The summed E-state index contributed by atoms with van der Waals surface area (Å²) >= 11 is 2.26. The van der Waals surface area contributed by atoms with E-state index in [4.69, 9.17) is 9.47 Å². The van der Waals surface area contributed by atoms with Crippen LogP contribution in [-0.4, -0.2) is 7.11 Å². The second-order valence-electron chi connectivity index (χ2n) is 6.00. The lowest BCUT2D eigenvalue weighted by Gasteiger charge is -2.12. The van der Waals surface area contributed by atoms with Crippen LogP contribution in [0.1, 0.15) is 16.7 Å². The van der Waals surface area contributed by atoms with E-state index in [2.05, 4.69) is 28.7 Å². The molecule has 0 unspecified atom stereocenters. The number of nitriles is 1. The lowest BCUT2D eigenvalue weighted by molar-refractivity contribution is 0.284. The van der Waals surface area contributed by atoms with Crippen molar-refractivity contribution in [3.05, 3.63) is 92.8 Å². The van der Waals surface area contributed by atoms with E-state index >= 15 is 0 Å². The van der Waals surface area contributed by atoms with Gasteiger partial charge in [0, 0.05) is 3.57 Å². The SMILES string of the molecule is COc1cc(/C=C(/C#N)c2ccc(F)cc2)ccc1OCc1ccc(I)cc1. The molecular formula is C23H17FINO2. The minimum atomic E-state index is -0.336. The summed E-state index contributed by atoms with van der Waals surface area (Å²) in [6.07, 6.45) is 1.73. The Morgan fingerprint density at radius 2 is 1.75 bits per heavy atom. The molecule has 0 amide bonds. The Morgan fingerprint density at radius 3 is 2.39 bits per heavy atom. The van der Waals surface area contributed by atoms with E-state index in [-0.39, 0.29) is 5.82 Å². The lowest BCUT2D eigenvalue weighted by atomic mass is 10.0. The highest BCUT2D eigenvalue weighted by Gasteiger charge is 2.08. The van der Waals surface area contributed by atoms with E-state index in [9.17, 15) is 9.65 Å². The van der Waals surface area contributed by atoms with E-state index in [1.807, 2.05) is 42.5 Å². The molecule has 3 aromatic carbocycles. The average molecular weight is 485 g/mol. The van der Waals surface area contributed by atoms with Gasteiger partial charge in [0.15, 0.2) is 11.5 Å². The minimum Gasteiger partial charge on any atom is -0.493 e. The summed E-state index contributed by atoms with van der Waals surface area (Å²) in [5.41, 5.74) is 2.95. The third-order valence-corrected chi connectivity index (χ3v) is 4.80. The number of benzene rings is 3. The van der Waals surface area contributed by atoms with E-state index in [0.717, 1.165) is 11.1 Å². The van der Waals surface area contributed by atoms with Gasteiger partial charge < -0.3 is 9.47 Å². The van der Waals surface area contributed by atoms with Crippen molar-refractivity contribution < 1.29 is 13.9 Å². The standard InChI is InChI=1S/C23H17FINO2/c1-27-23-13-17(12-19(14-26)18-5-7-20(24)8-6-18)4-11-22(23)28-15-16-2-9-21(25)10-3-16/h2-13H,15H2,1H3/b19-12-. The van der Waals surface area contributed by atoms with Crippen molar-refractivity contribution in [1.82, 2.24) is 0 Å². The van der Waals surface area contributed by atoms with E-state index in [0.29, 0.717) is 29.2 Å². The van der Waals surface area contributed by atoms with Crippen LogP contribution in [0, 0.1) is 20.7 Å². The molecular weight excluding hydrogens is 468 g/mol. The first-order valence-corrected chi connectivity index (χ1v) is 9.60. The van der Waals surface area contributed by atoms with Crippen molar-refractivity contribution in [2.45, 2.75) is 6.61 Å². The number of halogens is 2. The summed E-state index contributed by atoms with van der Waals surface area (Å²) in [6.45, 7) is 0.432. The first-order chi connectivity index (χ1) is 13.6. The molecule has 0 aliphatic rings. The number of rotatable bonds is 6. The number of allylic oxidation sites excluding steroid dienone is 1. The average Bonchev–Trinajstić information content (AvgIpc) is 2.72. The van der Waals surface area contributed by atoms with Crippen molar-refractivity contribution in [1.29, 1.82) is 5.26 Å². The number of hydrogen-bond acceptors (Lipinski definition) is 3. The van der Waals surface area contributed by atoms with Crippen LogP contribution in [0.3, 0.4) is 0 Å². The van der Waals surface area contributed by atoms with Crippen LogP contribution in [0.15, 0.2) is 66.7 Å². The van der Waals surface area contributed by atoms with Gasteiger partial charge in [-0.1, -0.05) is 30.3 Å². The van der Waals surface area contributed by atoms with Gasteiger partial charge in [0.05, 0.1) is 18.8 Å². The molecule has 0 saturated carbocycles. The predicted octanol–water partition coefficient (Wildman–Crippen LogP) is 6.08. The Labute approximate surface area is 177 Å². The molecule has 3 aromatic rings. The highest BCUT2D eigenvalue weighted by molar-refractivity contribution is 14.1. The lowest BCUT2D eigenvalue weighted by Crippen LogP contribution is -1.98. The highest BCUT2D eigenvalue weighted by atomic mass is 127. The Balaban J connectivity index is 1.80. The van der Waals surface area contributed by atoms with Gasteiger partial charge in [-0.05, 0) is 81.8 Å². The molecule has 28 heavy (non-hydrogen) atoms. The highest BCUT2D eigenvalue weighted by Crippen LogP contribution is 2.30. The van der Waals surface area contributed by atoms with Gasteiger partial charge in [0.2, 0.25) is 0 Å². The molecule has 140 valence electrons. The second kappa shape index (κ2) is 9.38. The van der Waals surface area contributed by atoms with Gasteiger partial charge in [0.1, 0.15) is 12.4 Å². The molecule has 0 saturated heterocycles. The summed E-state index contributed by atoms with van der Waals surface area (Å²) in [4.78, 5) is 0. The molecule has 3 rings (SSSR count). The van der Waals surface area contributed by atoms with E-state index in [1.54, 1.807) is 25.3 Å². The quantitative estimate of drug-likeness (QED) is 0.242. The fourth-order valence-electron chi connectivity index (χ4n) is 2.61. The van der Waals surface area contributed by atoms with Crippen molar-refractivity contribution in [3.63, 3.8) is 0 Å². The van der Waals surface area contributed by atoms with Crippen molar-refractivity contribution in [3.8, 4) is 17.6 Å². The first-order valence-electron chi connectivity index (χ1n) is 8.52. The maximum atomic E-state index is 13.1. The second-order valence-corrected chi connectivity index (χ2v) is 7.25. The number of hydrogen-bond donors (Lipinski definition) is 0. The molecule has 0 bridgehead atoms. The molecule has 0 heterocycles. The summed E-state index contributed by atoms with van der Waals surface area (Å²) in [5.74, 6) is 0.867. The normalized spacial score (nSPS) is 11.0. The largest absolute Gasteiger partial charge is 0.493 e. The fraction of sp³-hybridized carbons (Fsp3) is 0.0870. The van der Waals surface area contributed by atoms with Gasteiger partial charge in [-0.15, -0.1) is 0 Å². The molecule has 0 spiro atoms. The summed E-state index contributed by atoms with van der Waals surface area (Å²) in [5, 5.41) is 9.45. The molecule has 0 N–H and O–H groups in total. The third-order valence-electron chi connectivity index (χ3n) is 4.08. The zero-order valence-corrected chi connectivity index (χ0v) is 17.3. The first kappa shape index (κ1) is 19.9. The number of ether oxygens (including phenoxy) is 2. The topological polar surface area (TPSA) is 42.2 Å². The third kappa shape index (κ3) is 5.11. The number of methoxy groups -OCH3 is 1. The zero-order valence-electron chi connectivity index (χ0n) is 15.2. The van der Waals surface area contributed by atoms with Crippen LogP contribution in [0.25, 0.3) is 11.6 Å². The molecule has 3 nitrogen and oxygen atoms in total. The van der Waals surface area contributed by atoms with Crippen LogP contribution in [0.2, 0.25) is 0 Å². The van der Waals surface area contributed by atoms with Crippen LogP contribution in [-0.2, 0) is 6.61 Å². The van der Waals surface area contributed by atoms with Crippen LogP contribution >= 0.6 is 22.6 Å². The summed E-state index contributed by atoms with van der Waals surface area (Å²) in [7, 11) is 1.58. The Kier molecular flexibility index (Phi) is 6.66. The van der Waals surface area contributed by atoms with Crippen molar-refractivity contribution >= 4 is 34.2 Å². The Bertz CT molecular complexity index is 1020. The molecule has 5 heteroatoms. The van der Waals surface area contributed by atoms with Gasteiger partial charge in [-0.2, -0.15) is 5.26 Å². The van der Waals surface area contributed by atoms with Gasteiger partial charge >= 0.3 is 0 Å². The van der Waals surface area contributed by atoms with Crippen LogP contribution < -0.4 is 9.47 Å². The molecule has 0 radical (unpaired) electrons. The van der Waals surface area contributed by atoms with Crippen LogP contribution in [0.4, 0.5) is 4.39 Å². The molecule has 0 aliphatic heterocycles. The monoisotopic (exact) mass is 485 g/mol. The van der Waals surface area contributed by atoms with E-state index < -0.39 is 0 Å². The zero-order chi connectivity index (χ0) is 19.9. The van der Waals surface area contributed by atoms with Gasteiger partial charge in [-0.25, -0.2) is 4.39 Å². The maximum Gasteiger partial charge on any atom is 0.161 e. The number of nitrogens with zero attached hydrogens (tertiary/aromatic N) is 1. The van der Waals surface area contributed by atoms with Gasteiger partial charge in [-0.3, -0.25) is 0 Å².